The maximum absolute atomic E-state index is 9.38. The van der Waals surface area contributed by atoms with Gasteiger partial charge in [0.25, 0.3) is 0 Å². The maximum atomic E-state index is 9.38. The summed E-state index contributed by atoms with van der Waals surface area (Å²) < 4.78 is 4.94. The first-order chi connectivity index (χ1) is 6.69. The smallest absolute Gasteiger partial charge is 0.160 e. The molecule has 0 atom stereocenters. The standard InChI is InChI=1S/C9H12ClNO3/c1-13-9-3-6(5-11-14-2)7(10)4-8(9)12/h3-4,11-12H,5H2,1-2H3. The molecule has 14 heavy (non-hydrogen) atoms. The highest BCUT2D eigenvalue weighted by molar-refractivity contribution is 6.31. The van der Waals surface area contributed by atoms with E-state index in [0.29, 0.717) is 17.3 Å². The fourth-order valence-corrected chi connectivity index (χ4v) is 1.26. The Labute approximate surface area is 87.4 Å². The van der Waals surface area contributed by atoms with Crippen LogP contribution >= 0.6 is 11.6 Å². The molecule has 1 aromatic rings. The van der Waals surface area contributed by atoms with Gasteiger partial charge in [-0.15, -0.1) is 0 Å². The molecule has 0 aromatic heterocycles. The monoisotopic (exact) mass is 217 g/mol. The highest BCUT2D eigenvalue weighted by Crippen LogP contribution is 2.31. The zero-order valence-corrected chi connectivity index (χ0v) is 8.76. The number of benzene rings is 1. The summed E-state index contributed by atoms with van der Waals surface area (Å²) in [4.78, 5) is 4.69. The minimum absolute atomic E-state index is 0.0265. The van der Waals surface area contributed by atoms with Gasteiger partial charge in [-0.3, -0.25) is 0 Å². The van der Waals surface area contributed by atoms with E-state index in [1.807, 2.05) is 0 Å². The van der Waals surface area contributed by atoms with Gasteiger partial charge >= 0.3 is 0 Å². The van der Waals surface area contributed by atoms with E-state index in [2.05, 4.69) is 5.48 Å². The third-order valence-corrected chi connectivity index (χ3v) is 2.11. The lowest BCUT2D eigenvalue weighted by atomic mass is 10.2. The molecule has 2 N–H and O–H groups in total. The van der Waals surface area contributed by atoms with Crippen molar-refractivity contribution in [3.63, 3.8) is 0 Å². The Morgan fingerprint density at radius 3 is 2.71 bits per heavy atom. The van der Waals surface area contributed by atoms with E-state index in [4.69, 9.17) is 21.2 Å². The fourth-order valence-electron chi connectivity index (χ4n) is 1.03. The summed E-state index contributed by atoms with van der Waals surface area (Å²) in [5.41, 5.74) is 3.45. The van der Waals surface area contributed by atoms with Crippen molar-refractivity contribution in [2.45, 2.75) is 6.54 Å². The van der Waals surface area contributed by atoms with Crippen LogP contribution in [0.3, 0.4) is 0 Å². The van der Waals surface area contributed by atoms with Crippen LogP contribution in [0.2, 0.25) is 5.02 Å². The summed E-state index contributed by atoms with van der Waals surface area (Å²) >= 11 is 5.88. The largest absolute Gasteiger partial charge is 0.504 e. The molecular weight excluding hydrogens is 206 g/mol. The van der Waals surface area contributed by atoms with Gasteiger partial charge in [0.2, 0.25) is 0 Å². The van der Waals surface area contributed by atoms with E-state index in [1.165, 1.54) is 20.3 Å². The molecule has 0 aliphatic carbocycles. The van der Waals surface area contributed by atoms with Crippen LogP contribution in [-0.2, 0) is 11.4 Å². The lowest BCUT2D eigenvalue weighted by Crippen LogP contribution is -2.11. The second kappa shape index (κ2) is 5.05. The van der Waals surface area contributed by atoms with Crippen LogP contribution < -0.4 is 10.2 Å². The zero-order chi connectivity index (χ0) is 10.6. The van der Waals surface area contributed by atoms with Crippen molar-refractivity contribution in [2.24, 2.45) is 0 Å². The first kappa shape index (κ1) is 11.1. The number of aromatic hydroxyl groups is 1. The number of nitrogens with one attached hydrogen (secondary N) is 1. The number of ether oxygens (including phenoxy) is 1. The van der Waals surface area contributed by atoms with Gasteiger partial charge in [0.15, 0.2) is 11.5 Å². The molecule has 1 aromatic carbocycles. The molecule has 0 heterocycles. The number of phenols is 1. The predicted octanol–water partition coefficient (Wildman–Crippen LogP) is 1.71. The molecular formula is C9H12ClNO3. The van der Waals surface area contributed by atoms with Gasteiger partial charge in [-0.1, -0.05) is 11.6 Å². The second-order valence-electron chi connectivity index (χ2n) is 2.64. The van der Waals surface area contributed by atoms with Crippen LogP contribution in [0, 0.1) is 0 Å². The topological polar surface area (TPSA) is 50.7 Å². The average molecular weight is 218 g/mol. The van der Waals surface area contributed by atoms with Gasteiger partial charge in [0, 0.05) is 17.6 Å². The van der Waals surface area contributed by atoms with Crippen molar-refractivity contribution in [2.75, 3.05) is 14.2 Å². The Balaban J connectivity index is 2.92. The third-order valence-electron chi connectivity index (χ3n) is 1.75. The van der Waals surface area contributed by atoms with E-state index in [0.717, 1.165) is 5.56 Å². The summed E-state index contributed by atoms with van der Waals surface area (Å²) in [6.07, 6.45) is 0. The molecule has 1 rings (SSSR count). The first-order valence-electron chi connectivity index (χ1n) is 4.00. The molecule has 5 heteroatoms. The van der Waals surface area contributed by atoms with Gasteiger partial charge in [-0.05, 0) is 11.6 Å². The van der Waals surface area contributed by atoms with E-state index >= 15 is 0 Å². The number of phenolic OH excluding ortho intramolecular Hbond substituents is 1. The van der Waals surface area contributed by atoms with Crippen molar-refractivity contribution in [3.8, 4) is 11.5 Å². The Morgan fingerprint density at radius 2 is 2.14 bits per heavy atom. The van der Waals surface area contributed by atoms with Crippen LogP contribution in [-0.4, -0.2) is 19.3 Å². The van der Waals surface area contributed by atoms with Crippen LogP contribution in [0.4, 0.5) is 0 Å². The van der Waals surface area contributed by atoms with E-state index in [-0.39, 0.29) is 5.75 Å². The Bertz CT molecular complexity index is 317. The average Bonchev–Trinajstić information content (AvgIpc) is 2.17. The van der Waals surface area contributed by atoms with E-state index in [9.17, 15) is 5.11 Å². The molecule has 0 saturated carbocycles. The zero-order valence-electron chi connectivity index (χ0n) is 8.00. The third kappa shape index (κ3) is 2.51. The Morgan fingerprint density at radius 1 is 1.43 bits per heavy atom. The van der Waals surface area contributed by atoms with Gasteiger partial charge in [-0.2, -0.15) is 5.48 Å². The van der Waals surface area contributed by atoms with Gasteiger partial charge in [-0.25, -0.2) is 0 Å². The Kier molecular flexibility index (Phi) is 4.00. The molecule has 0 aliphatic heterocycles. The number of hydrogen-bond donors (Lipinski definition) is 2. The van der Waals surface area contributed by atoms with Gasteiger partial charge < -0.3 is 14.7 Å². The minimum Gasteiger partial charge on any atom is -0.504 e. The molecule has 0 aliphatic rings. The van der Waals surface area contributed by atoms with Crippen LogP contribution in [0.5, 0.6) is 11.5 Å². The predicted molar refractivity (Wildman–Crippen MR) is 53.5 cm³/mol. The van der Waals surface area contributed by atoms with Crippen LogP contribution in [0.25, 0.3) is 0 Å². The molecule has 0 spiro atoms. The number of hydrogen-bond acceptors (Lipinski definition) is 4. The quantitative estimate of drug-likeness (QED) is 0.754. The van der Waals surface area contributed by atoms with E-state index in [1.54, 1.807) is 6.07 Å². The SMILES string of the molecule is CONCc1cc(OC)c(O)cc1Cl. The number of halogens is 1. The van der Waals surface area contributed by atoms with Crippen molar-refractivity contribution >= 4 is 11.6 Å². The molecule has 0 fully saturated rings. The first-order valence-corrected chi connectivity index (χ1v) is 4.38. The molecule has 0 unspecified atom stereocenters. The van der Waals surface area contributed by atoms with E-state index < -0.39 is 0 Å². The lowest BCUT2D eigenvalue weighted by Gasteiger charge is -2.09. The summed E-state index contributed by atoms with van der Waals surface area (Å²) in [6, 6.07) is 3.09. The van der Waals surface area contributed by atoms with Crippen molar-refractivity contribution in [1.29, 1.82) is 0 Å². The maximum Gasteiger partial charge on any atom is 0.160 e. The normalized spacial score (nSPS) is 10.2. The van der Waals surface area contributed by atoms with Crippen LogP contribution in [0.15, 0.2) is 12.1 Å². The highest BCUT2D eigenvalue weighted by atomic mass is 35.5. The Hall–Kier alpha value is -0.970. The minimum atomic E-state index is 0.0265. The molecule has 0 bridgehead atoms. The second-order valence-corrected chi connectivity index (χ2v) is 3.05. The number of hydroxylamine groups is 1. The summed E-state index contributed by atoms with van der Waals surface area (Å²) in [5, 5.41) is 9.85. The summed E-state index contributed by atoms with van der Waals surface area (Å²) in [7, 11) is 3.00. The fraction of sp³-hybridized carbons (Fsp3) is 0.333. The van der Waals surface area contributed by atoms with Crippen molar-refractivity contribution in [3.05, 3.63) is 22.7 Å². The van der Waals surface area contributed by atoms with Gasteiger partial charge in [0.05, 0.1) is 14.2 Å². The highest BCUT2D eigenvalue weighted by Gasteiger charge is 2.07. The van der Waals surface area contributed by atoms with Gasteiger partial charge in [0.1, 0.15) is 0 Å². The van der Waals surface area contributed by atoms with Crippen molar-refractivity contribution < 1.29 is 14.7 Å². The molecule has 4 nitrogen and oxygen atoms in total. The van der Waals surface area contributed by atoms with Crippen LogP contribution in [0.1, 0.15) is 5.56 Å². The molecule has 0 radical (unpaired) electrons. The molecule has 78 valence electrons. The number of methoxy groups -OCH3 is 1. The molecule has 0 amide bonds. The lowest BCUT2D eigenvalue weighted by molar-refractivity contribution is 0.0867. The summed E-state index contributed by atoms with van der Waals surface area (Å²) in [5.74, 6) is 0.418. The molecule has 0 saturated heterocycles. The summed E-state index contributed by atoms with van der Waals surface area (Å²) in [6.45, 7) is 0.450. The van der Waals surface area contributed by atoms with Crippen molar-refractivity contribution in [1.82, 2.24) is 5.48 Å². The number of rotatable bonds is 4.